The Balaban J connectivity index is 1.68. The van der Waals surface area contributed by atoms with Gasteiger partial charge in [-0.3, -0.25) is 0 Å². The Bertz CT molecular complexity index is 498. The van der Waals surface area contributed by atoms with Crippen molar-refractivity contribution in [1.82, 2.24) is 10.6 Å². The molecule has 21 heavy (non-hydrogen) atoms. The fourth-order valence-corrected chi connectivity index (χ4v) is 2.80. The van der Waals surface area contributed by atoms with Gasteiger partial charge >= 0.3 is 12.0 Å². The van der Waals surface area contributed by atoms with Crippen molar-refractivity contribution in [3.8, 4) is 0 Å². The zero-order chi connectivity index (χ0) is 15.2. The number of carboxylic acids is 1. The molecule has 2 atom stereocenters. The van der Waals surface area contributed by atoms with Crippen LogP contribution in [0.3, 0.4) is 0 Å². The molecule has 6 heteroatoms. The summed E-state index contributed by atoms with van der Waals surface area (Å²) < 4.78 is 5.06. The Morgan fingerprint density at radius 1 is 1.33 bits per heavy atom. The minimum absolute atomic E-state index is 0.122. The molecule has 1 aliphatic carbocycles. The lowest BCUT2D eigenvalue weighted by Gasteiger charge is -2.26. The molecule has 1 aliphatic rings. The first-order valence-electron chi connectivity index (χ1n) is 7.38. The zero-order valence-corrected chi connectivity index (χ0v) is 12.2. The second-order valence-corrected chi connectivity index (χ2v) is 5.77. The first kappa shape index (κ1) is 15.4. The predicted octanol–water partition coefficient (Wildman–Crippen LogP) is 2.60. The summed E-state index contributed by atoms with van der Waals surface area (Å²) in [4.78, 5) is 22.4. The maximum absolute atomic E-state index is 11.7. The number of urea groups is 1. The normalized spacial score (nSPS) is 21.8. The maximum atomic E-state index is 11.7. The second-order valence-electron chi connectivity index (χ2n) is 5.77. The minimum Gasteiger partial charge on any atom is -0.475 e. The Kier molecular flexibility index (Phi) is 5.25. The van der Waals surface area contributed by atoms with Gasteiger partial charge in [0.1, 0.15) is 5.76 Å². The molecule has 1 heterocycles. The third kappa shape index (κ3) is 4.81. The number of aromatic carboxylic acids is 1. The smallest absolute Gasteiger partial charge is 0.371 e. The quantitative estimate of drug-likeness (QED) is 0.778. The summed E-state index contributed by atoms with van der Waals surface area (Å²) in [6.07, 6.45) is 4.86. The van der Waals surface area contributed by atoms with Crippen molar-refractivity contribution in [3.63, 3.8) is 0 Å². The Morgan fingerprint density at radius 3 is 2.81 bits per heavy atom. The van der Waals surface area contributed by atoms with Crippen LogP contribution in [0, 0.1) is 11.8 Å². The number of carboxylic acid groups (broad SMARTS) is 1. The van der Waals surface area contributed by atoms with E-state index in [1.54, 1.807) is 6.07 Å². The van der Waals surface area contributed by atoms with Gasteiger partial charge in [-0.2, -0.15) is 0 Å². The molecular formula is C15H22N2O4. The number of carbonyl (C=O) groups is 2. The standard InChI is InChI=1S/C15H22N2O4/c1-10-3-2-4-11(7-10)8-16-15(20)17-9-12-5-6-13(21-12)14(18)19/h5-6,10-11H,2-4,7-9H2,1H3,(H,18,19)(H2,16,17,20). The van der Waals surface area contributed by atoms with Crippen molar-refractivity contribution >= 4 is 12.0 Å². The van der Waals surface area contributed by atoms with Crippen molar-refractivity contribution in [2.24, 2.45) is 11.8 Å². The van der Waals surface area contributed by atoms with Crippen molar-refractivity contribution in [2.75, 3.05) is 6.54 Å². The Labute approximate surface area is 123 Å². The van der Waals surface area contributed by atoms with E-state index in [1.807, 2.05) is 0 Å². The highest BCUT2D eigenvalue weighted by molar-refractivity contribution is 5.84. The lowest BCUT2D eigenvalue weighted by atomic mass is 9.82. The highest BCUT2D eigenvalue weighted by Crippen LogP contribution is 2.27. The van der Waals surface area contributed by atoms with Gasteiger partial charge in [0, 0.05) is 6.54 Å². The van der Waals surface area contributed by atoms with Crippen LogP contribution >= 0.6 is 0 Å². The van der Waals surface area contributed by atoms with Crippen molar-refractivity contribution < 1.29 is 19.1 Å². The zero-order valence-electron chi connectivity index (χ0n) is 12.2. The first-order valence-corrected chi connectivity index (χ1v) is 7.38. The summed E-state index contributed by atoms with van der Waals surface area (Å²) in [5.41, 5.74) is 0. The molecule has 3 N–H and O–H groups in total. The lowest BCUT2D eigenvalue weighted by molar-refractivity contribution is 0.0660. The van der Waals surface area contributed by atoms with Gasteiger partial charge in [-0.15, -0.1) is 0 Å². The van der Waals surface area contributed by atoms with E-state index in [9.17, 15) is 9.59 Å². The molecule has 2 unspecified atom stereocenters. The van der Waals surface area contributed by atoms with E-state index >= 15 is 0 Å². The van der Waals surface area contributed by atoms with Gasteiger partial charge in [-0.05, 0) is 36.8 Å². The van der Waals surface area contributed by atoms with Crippen LogP contribution in [0.15, 0.2) is 16.5 Å². The molecule has 6 nitrogen and oxygen atoms in total. The average Bonchev–Trinajstić information content (AvgIpc) is 2.92. The van der Waals surface area contributed by atoms with Crippen molar-refractivity contribution in [1.29, 1.82) is 0 Å². The second kappa shape index (κ2) is 7.15. The topological polar surface area (TPSA) is 91.6 Å². The summed E-state index contributed by atoms with van der Waals surface area (Å²) in [7, 11) is 0. The number of rotatable bonds is 5. The molecule has 1 fully saturated rings. The number of hydrogen-bond acceptors (Lipinski definition) is 3. The van der Waals surface area contributed by atoms with E-state index < -0.39 is 5.97 Å². The number of nitrogens with one attached hydrogen (secondary N) is 2. The molecule has 0 radical (unpaired) electrons. The van der Waals surface area contributed by atoms with Gasteiger partial charge < -0.3 is 20.2 Å². The van der Waals surface area contributed by atoms with Crippen molar-refractivity contribution in [3.05, 3.63) is 23.7 Å². The summed E-state index contributed by atoms with van der Waals surface area (Å²) in [6.45, 7) is 3.12. The first-order chi connectivity index (χ1) is 10.0. The molecule has 2 amide bonds. The van der Waals surface area contributed by atoms with Crippen LogP contribution in [0.5, 0.6) is 0 Å². The number of hydrogen-bond donors (Lipinski definition) is 3. The van der Waals surface area contributed by atoms with E-state index in [-0.39, 0.29) is 18.3 Å². The third-order valence-electron chi connectivity index (χ3n) is 3.89. The molecule has 0 saturated heterocycles. The van der Waals surface area contributed by atoms with Gasteiger partial charge in [0.15, 0.2) is 0 Å². The fourth-order valence-electron chi connectivity index (χ4n) is 2.80. The number of carbonyl (C=O) groups excluding carboxylic acids is 1. The highest BCUT2D eigenvalue weighted by atomic mass is 16.4. The molecule has 0 aromatic carbocycles. The predicted molar refractivity (Wildman–Crippen MR) is 77.0 cm³/mol. The summed E-state index contributed by atoms with van der Waals surface area (Å²) in [5, 5.41) is 14.3. The Morgan fingerprint density at radius 2 is 2.14 bits per heavy atom. The summed E-state index contributed by atoms with van der Waals surface area (Å²) >= 11 is 0. The van der Waals surface area contributed by atoms with E-state index in [1.165, 1.54) is 31.7 Å². The fraction of sp³-hybridized carbons (Fsp3) is 0.600. The maximum Gasteiger partial charge on any atom is 0.371 e. The monoisotopic (exact) mass is 294 g/mol. The van der Waals surface area contributed by atoms with E-state index in [4.69, 9.17) is 9.52 Å². The van der Waals surface area contributed by atoms with Crippen molar-refractivity contribution in [2.45, 2.75) is 39.2 Å². The molecule has 1 aromatic rings. The largest absolute Gasteiger partial charge is 0.475 e. The summed E-state index contributed by atoms with van der Waals surface area (Å²) in [5.74, 6) is 0.488. The van der Waals surface area contributed by atoms with Crippen LogP contribution in [0.2, 0.25) is 0 Å². The van der Waals surface area contributed by atoms with Crippen LogP contribution in [0.25, 0.3) is 0 Å². The van der Waals surface area contributed by atoms with Crippen LogP contribution in [-0.4, -0.2) is 23.7 Å². The molecule has 1 aromatic heterocycles. The van der Waals surface area contributed by atoms with Gasteiger partial charge in [0.2, 0.25) is 5.76 Å². The molecule has 2 rings (SSSR count). The van der Waals surface area contributed by atoms with Crippen LogP contribution in [0.1, 0.15) is 48.9 Å². The van der Waals surface area contributed by atoms with Crippen LogP contribution in [0.4, 0.5) is 4.79 Å². The molecule has 0 bridgehead atoms. The molecule has 0 spiro atoms. The van der Waals surface area contributed by atoms with E-state index in [0.717, 1.165) is 5.92 Å². The lowest BCUT2D eigenvalue weighted by Crippen LogP contribution is -2.38. The van der Waals surface area contributed by atoms with Gasteiger partial charge in [0.05, 0.1) is 6.54 Å². The van der Waals surface area contributed by atoms with Gasteiger partial charge in [-0.1, -0.05) is 19.8 Å². The number of amides is 2. The molecule has 116 valence electrons. The van der Waals surface area contributed by atoms with Gasteiger partial charge in [-0.25, -0.2) is 9.59 Å². The molecule has 1 saturated carbocycles. The highest BCUT2D eigenvalue weighted by Gasteiger charge is 2.19. The number of furan rings is 1. The SMILES string of the molecule is CC1CCCC(CNC(=O)NCc2ccc(C(=O)O)o2)C1. The van der Waals surface area contributed by atoms with E-state index in [0.29, 0.717) is 18.2 Å². The van der Waals surface area contributed by atoms with Crippen LogP contribution < -0.4 is 10.6 Å². The molecule has 0 aliphatic heterocycles. The Hall–Kier alpha value is -1.98. The van der Waals surface area contributed by atoms with Gasteiger partial charge in [0.25, 0.3) is 0 Å². The van der Waals surface area contributed by atoms with E-state index in [2.05, 4.69) is 17.6 Å². The minimum atomic E-state index is -1.11. The summed E-state index contributed by atoms with van der Waals surface area (Å²) in [6, 6.07) is 2.68. The molecular weight excluding hydrogens is 272 g/mol. The third-order valence-corrected chi connectivity index (χ3v) is 3.89. The van der Waals surface area contributed by atoms with Crippen LogP contribution in [-0.2, 0) is 6.54 Å². The average molecular weight is 294 g/mol.